The summed E-state index contributed by atoms with van der Waals surface area (Å²) in [6, 6.07) is 13.1. The molecule has 0 aliphatic carbocycles. The van der Waals surface area contributed by atoms with Crippen LogP contribution in [0.1, 0.15) is 16.1 Å². The number of benzene rings is 2. The SMILES string of the molecule is O=C(c1ccc(Br)cc1)c1cc2cccc(F)c2o1. The molecule has 0 aliphatic rings. The molecule has 0 bridgehead atoms. The van der Waals surface area contributed by atoms with Gasteiger partial charge in [0.25, 0.3) is 0 Å². The quantitative estimate of drug-likeness (QED) is 0.648. The third kappa shape index (κ3) is 2.19. The molecule has 0 fully saturated rings. The second kappa shape index (κ2) is 4.63. The molecule has 0 aliphatic heterocycles. The third-order valence-electron chi connectivity index (χ3n) is 2.83. The van der Waals surface area contributed by atoms with Gasteiger partial charge in [0.2, 0.25) is 5.78 Å². The molecule has 19 heavy (non-hydrogen) atoms. The Morgan fingerprint density at radius 2 is 1.84 bits per heavy atom. The van der Waals surface area contributed by atoms with Gasteiger partial charge in [0.15, 0.2) is 17.2 Å². The Labute approximate surface area is 117 Å². The lowest BCUT2D eigenvalue weighted by molar-refractivity contribution is 0.101. The number of ketones is 1. The molecule has 0 saturated heterocycles. The number of rotatable bonds is 2. The number of fused-ring (bicyclic) bond motifs is 1. The van der Waals surface area contributed by atoms with Crippen molar-refractivity contribution in [2.75, 3.05) is 0 Å². The van der Waals surface area contributed by atoms with E-state index in [9.17, 15) is 9.18 Å². The van der Waals surface area contributed by atoms with E-state index in [0.29, 0.717) is 10.9 Å². The van der Waals surface area contributed by atoms with E-state index in [1.54, 1.807) is 42.5 Å². The highest BCUT2D eigenvalue weighted by molar-refractivity contribution is 9.10. The van der Waals surface area contributed by atoms with Gasteiger partial charge in [-0.2, -0.15) is 0 Å². The van der Waals surface area contributed by atoms with Gasteiger partial charge in [0.05, 0.1) is 0 Å². The van der Waals surface area contributed by atoms with E-state index in [-0.39, 0.29) is 17.1 Å². The van der Waals surface area contributed by atoms with Crippen LogP contribution in [0.15, 0.2) is 57.4 Å². The Balaban J connectivity index is 2.06. The van der Waals surface area contributed by atoms with Crippen molar-refractivity contribution in [1.29, 1.82) is 0 Å². The maximum Gasteiger partial charge on any atom is 0.228 e. The predicted octanol–water partition coefficient (Wildman–Crippen LogP) is 4.57. The molecule has 0 radical (unpaired) electrons. The van der Waals surface area contributed by atoms with Crippen molar-refractivity contribution in [3.05, 3.63) is 70.1 Å². The first kappa shape index (κ1) is 12.1. The van der Waals surface area contributed by atoms with E-state index in [4.69, 9.17) is 4.42 Å². The number of furan rings is 1. The van der Waals surface area contributed by atoms with Gasteiger partial charge in [-0.05, 0) is 36.4 Å². The lowest BCUT2D eigenvalue weighted by Crippen LogP contribution is -1.98. The zero-order chi connectivity index (χ0) is 13.4. The number of hydrogen-bond acceptors (Lipinski definition) is 2. The molecule has 0 N–H and O–H groups in total. The fourth-order valence-corrected chi connectivity index (χ4v) is 2.15. The van der Waals surface area contributed by atoms with Crippen molar-refractivity contribution < 1.29 is 13.6 Å². The molecule has 0 amide bonds. The zero-order valence-corrected chi connectivity index (χ0v) is 11.3. The summed E-state index contributed by atoms with van der Waals surface area (Å²) in [5.74, 6) is -0.585. The maximum atomic E-state index is 13.5. The van der Waals surface area contributed by atoms with Gasteiger partial charge in [-0.25, -0.2) is 4.39 Å². The highest BCUT2D eigenvalue weighted by atomic mass is 79.9. The molecular weight excluding hydrogens is 311 g/mol. The number of hydrogen-bond donors (Lipinski definition) is 0. The van der Waals surface area contributed by atoms with Gasteiger partial charge in [-0.1, -0.05) is 28.1 Å². The number of carbonyl (C=O) groups is 1. The van der Waals surface area contributed by atoms with Crippen LogP contribution in [-0.4, -0.2) is 5.78 Å². The van der Waals surface area contributed by atoms with Crippen LogP contribution in [0, 0.1) is 5.82 Å². The lowest BCUT2D eigenvalue weighted by Gasteiger charge is -1.97. The Bertz CT molecular complexity index is 759. The summed E-state index contributed by atoms with van der Waals surface area (Å²) in [7, 11) is 0. The van der Waals surface area contributed by atoms with Gasteiger partial charge in [0.1, 0.15) is 0 Å². The Kier molecular flexibility index (Phi) is 2.95. The van der Waals surface area contributed by atoms with Crippen LogP contribution in [0.2, 0.25) is 0 Å². The van der Waals surface area contributed by atoms with Crippen molar-refractivity contribution in [1.82, 2.24) is 0 Å². The van der Waals surface area contributed by atoms with Crippen LogP contribution in [0.5, 0.6) is 0 Å². The molecule has 1 heterocycles. The first-order chi connectivity index (χ1) is 9.15. The summed E-state index contributed by atoms with van der Waals surface area (Å²) in [6.07, 6.45) is 0. The van der Waals surface area contributed by atoms with Gasteiger partial charge in [0, 0.05) is 15.4 Å². The summed E-state index contributed by atoms with van der Waals surface area (Å²) in [6.45, 7) is 0. The Morgan fingerprint density at radius 3 is 2.53 bits per heavy atom. The smallest absolute Gasteiger partial charge is 0.228 e. The molecule has 0 atom stereocenters. The van der Waals surface area contributed by atoms with Crippen molar-refractivity contribution in [3.63, 3.8) is 0 Å². The summed E-state index contributed by atoms with van der Waals surface area (Å²) < 4.78 is 19.7. The average molecular weight is 319 g/mol. The second-order valence-electron chi connectivity index (χ2n) is 4.10. The van der Waals surface area contributed by atoms with E-state index in [2.05, 4.69) is 15.9 Å². The van der Waals surface area contributed by atoms with E-state index >= 15 is 0 Å². The zero-order valence-electron chi connectivity index (χ0n) is 9.69. The van der Waals surface area contributed by atoms with E-state index in [1.807, 2.05) is 0 Å². The van der Waals surface area contributed by atoms with Gasteiger partial charge in [-0.3, -0.25) is 4.79 Å². The van der Waals surface area contributed by atoms with Crippen molar-refractivity contribution in [2.24, 2.45) is 0 Å². The minimum atomic E-state index is -0.465. The topological polar surface area (TPSA) is 30.2 Å². The fraction of sp³-hybridized carbons (Fsp3) is 0. The van der Waals surface area contributed by atoms with Crippen molar-refractivity contribution in [3.8, 4) is 0 Å². The Hall–Kier alpha value is -1.94. The molecule has 3 aromatic rings. The molecule has 1 aromatic heterocycles. The van der Waals surface area contributed by atoms with Crippen molar-refractivity contribution in [2.45, 2.75) is 0 Å². The maximum absolute atomic E-state index is 13.5. The van der Waals surface area contributed by atoms with Crippen LogP contribution in [0.25, 0.3) is 11.0 Å². The molecule has 4 heteroatoms. The number of para-hydroxylation sites is 1. The van der Waals surface area contributed by atoms with Crippen LogP contribution >= 0.6 is 15.9 Å². The van der Waals surface area contributed by atoms with Crippen LogP contribution in [0.4, 0.5) is 4.39 Å². The second-order valence-corrected chi connectivity index (χ2v) is 5.02. The highest BCUT2D eigenvalue weighted by Gasteiger charge is 2.16. The molecule has 94 valence electrons. The summed E-state index contributed by atoms with van der Waals surface area (Å²) in [4.78, 5) is 12.2. The third-order valence-corrected chi connectivity index (χ3v) is 3.35. The van der Waals surface area contributed by atoms with Gasteiger partial charge in [-0.15, -0.1) is 0 Å². The molecule has 0 spiro atoms. The van der Waals surface area contributed by atoms with E-state index in [1.165, 1.54) is 6.07 Å². The monoisotopic (exact) mass is 318 g/mol. The van der Waals surface area contributed by atoms with E-state index < -0.39 is 5.82 Å². The molecule has 0 saturated carbocycles. The summed E-state index contributed by atoms with van der Waals surface area (Å²) >= 11 is 3.30. The average Bonchev–Trinajstić information content (AvgIpc) is 2.84. The van der Waals surface area contributed by atoms with Gasteiger partial charge < -0.3 is 4.42 Å². The van der Waals surface area contributed by atoms with E-state index in [0.717, 1.165) is 4.47 Å². The predicted molar refractivity (Wildman–Crippen MR) is 73.7 cm³/mol. The number of carbonyl (C=O) groups excluding carboxylic acids is 1. The first-order valence-corrected chi connectivity index (χ1v) is 6.43. The summed E-state index contributed by atoms with van der Waals surface area (Å²) in [5, 5.41) is 0.584. The lowest BCUT2D eigenvalue weighted by atomic mass is 10.1. The largest absolute Gasteiger partial charge is 0.449 e. The Morgan fingerprint density at radius 1 is 1.11 bits per heavy atom. The molecule has 2 aromatic carbocycles. The van der Waals surface area contributed by atoms with Gasteiger partial charge >= 0.3 is 0 Å². The minimum absolute atomic E-state index is 0.114. The molecular formula is C15H8BrFO2. The summed E-state index contributed by atoms with van der Waals surface area (Å²) in [5.41, 5.74) is 0.616. The molecule has 3 rings (SSSR count). The normalized spacial score (nSPS) is 10.8. The number of halogens is 2. The fourth-order valence-electron chi connectivity index (χ4n) is 1.88. The molecule has 2 nitrogen and oxygen atoms in total. The molecule has 0 unspecified atom stereocenters. The van der Waals surface area contributed by atoms with Crippen LogP contribution in [-0.2, 0) is 0 Å². The first-order valence-electron chi connectivity index (χ1n) is 5.63. The van der Waals surface area contributed by atoms with Crippen LogP contribution in [0.3, 0.4) is 0 Å². The highest BCUT2D eigenvalue weighted by Crippen LogP contribution is 2.24. The van der Waals surface area contributed by atoms with Crippen LogP contribution < -0.4 is 0 Å². The standard InChI is InChI=1S/C15H8BrFO2/c16-11-6-4-9(5-7-11)14(18)13-8-10-2-1-3-12(17)15(10)19-13/h1-8H. The van der Waals surface area contributed by atoms with Crippen molar-refractivity contribution >= 4 is 32.7 Å². The minimum Gasteiger partial charge on any atom is -0.449 e.